The van der Waals surface area contributed by atoms with Crippen LogP contribution in [-0.2, 0) is 6.18 Å². The third kappa shape index (κ3) is 3.14. The maximum Gasteiger partial charge on any atom is 0.419 e. The Balaban J connectivity index is 2.44. The van der Waals surface area contributed by atoms with Crippen molar-refractivity contribution in [2.45, 2.75) is 6.18 Å². The predicted octanol–water partition coefficient (Wildman–Crippen LogP) is 4.74. The molecule has 0 unspecified atom stereocenters. The van der Waals surface area contributed by atoms with E-state index in [1.165, 1.54) is 11.3 Å². The van der Waals surface area contributed by atoms with Gasteiger partial charge >= 0.3 is 6.18 Å². The van der Waals surface area contributed by atoms with Gasteiger partial charge in [0.1, 0.15) is 5.82 Å². The highest BCUT2D eigenvalue weighted by Crippen LogP contribution is 2.32. The van der Waals surface area contributed by atoms with Crippen molar-refractivity contribution in [2.24, 2.45) is 0 Å². The minimum absolute atomic E-state index is 0.178. The summed E-state index contributed by atoms with van der Waals surface area (Å²) in [6.07, 6.45) is -4.82. The second kappa shape index (κ2) is 5.20. The molecule has 0 saturated carbocycles. The van der Waals surface area contributed by atoms with E-state index in [0.717, 1.165) is 8.95 Å². The minimum Gasteiger partial charge on any atom is -0.289 e. The van der Waals surface area contributed by atoms with Crippen molar-refractivity contribution < 1.29 is 22.4 Å². The third-order valence-corrected chi connectivity index (χ3v) is 4.15. The Morgan fingerprint density at radius 3 is 2.37 bits per heavy atom. The van der Waals surface area contributed by atoms with Crippen molar-refractivity contribution in [3.8, 4) is 0 Å². The number of hydrogen-bond acceptors (Lipinski definition) is 2. The summed E-state index contributed by atoms with van der Waals surface area (Å²) < 4.78 is 51.6. The van der Waals surface area contributed by atoms with Crippen LogP contribution in [-0.4, -0.2) is 5.78 Å². The van der Waals surface area contributed by atoms with Crippen LogP contribution < -0.4 is 0 Å². The number of benzene rings is 1. The number of carbonyl (C=O) groups excluding carboxylic acids is 1. The standard InChI is InChI=1S/C12H5F4IOS/c13-9-2-1-6(3-8(9)12(14,15)16)11(18)7-4-10(17)19-5-7/h1-5H. The van der Waals surface area contributed by atoms with Crippen LogP contribution in [0.15, 0.2) is 29.6 Å². The fraction of sp³-hybridized carbons (Fsp3) is 0.0833. The lowest BCUT2D eigenvalue weighted by Crippen LogP contribution is -2.10. The van der Waals surface area contributed by atoms with E-state index >= 15 is 0 Å². The van der Waals surface area contributed by atoms with Gasteiger partial charge in [-0.1, -0.05) is 0 Å². The van der Waals surface area contributed by atoms with Gasteiger partial charge in [-0.25, -0.2) is 4.39 Å². The van der Waals surface area contributed by atoms with Crippen molar-refractivity contribution in [1.82, 2.24) is 0 Å². The number of halogens is 5. The molecule has 0 N–H and O–H groups in total. The fourth-order valence-corrected chi connectivity index (χ4v) is 2.81. The first kappa shape index (κ1) is 14.4. The zero-order chi connectivity index (χ0) is 14.2. The lowest BCUT2D eigenvalue weighted by atomic mass is 10.0. The van der Waals surface area contributed by atoms with E-state index in [9.17, 15) is 22.4 Å². The SMILES string of the molecule is O=C(c1csc(I)c1)c1ccc(F)c(C(F)(F)F)c1. The highest BCUT2D eigenvalue weighted by Gasteiger charge is 2.34. The summed E-state index contributed by atoms with van der Waals surface area (Å²) in [5, 5.41) is 1.56. The van der Waals surface area contributed by atoms with Crippen LogP contribution in [0.2, 0.25) is 0 Å². The third-order valence-electron chi connectivity index (χ3n) is 2.36. The fourth-order valence-electron chi connectivity index (χ4n) is 1.48. The summed E-state index contributed by atoms with van der Waals surface area (Å²) in [5.74, 6) is -1.94. The van der Waals surface area contributed by atoms with E-state index < -0.39 is 23.3 Å². The quantitative estimate of drug-likeness (QED) is 0.405. The molecule has 1 nitrogen and oxygen atoms in total. The van der Waals surface area contributed by atoms with Gasteiger partial charge in [0, 0.05) is 16.5 Å². The Kier molecular flexibility index (Phi) is 3.95. The van der Waals surface area contributed by atoms with E-state index in [0.29, 0.717) is 17.7 Å². The van der Waals surface area contributed by atoms with E-state index in [1.807, 2.05) is 22.6 Å². The van der Waals surface area contributed by atoms with Gasteiger partial charge in [-0.2, -0.15) is 13.2 Å². The van der Waals surface area contributed by atoms with Crippen LogP contribution in [0.1, 0.15) is 21.5 Å². The van der Waals surface area contributed by atoms with Crippen LogP contribution in [0.4, 0.5) is 17.6 Å². The maximum absolute atomic E-state index is 13.1. The Morgan fingerprint density at radius 1 is 1.16 bits per heavy atom. The van der Waals surface area contributed by atoms with Crippen LogP contribution in [0.5, 0.6) is 0 Å². The van der Waals surface area contributed by atoms with Gasteiger partial charge in [-0.05, 0) is 46.9 Å². The first-order valence-corrected chi connectivity index (χ1v) is 6.90. The monoisotopic (exact) mass is 400 g/mol. The molecule has 0 aliphatic heterocycles. The average Bonchev–Trinajstić information content (AvgIpc) is 2.74. The topological polar surface area (TPSA) is 17.1 Å². The highest BCUT2D eigenvalue weighted by atomic mass is 127. The van der Waals surface area contributed by atoms with Gasteiger partial charge in [0.25, 0.3) is 0 Å². The Hall–Kier alpha value is -0.960. The van der Waals surface area contributed by atoms with Crippen LogP contribution >= 0.6 is 33.9 Å². The van der Waals surface area contributed by atoms with Crippen LogP contribution in [0, 0.1) is 8.70 Å². The molecule has 7 heteroatoms. The molecule has 0 aliphatic rings. The van der Waals surface area contributed by atoms with Gasteiger partial charge < -0.3 is 0 Å². The molecule has 0 radical (unpaired) electrons. The van der Waals surface area contributed by atoms with Gasteiger partial charge in [-0.3, -0.25) is 4.79 Å². The molecule has 1 heterocycles. The van der Waals surface area contributed by atoms with Crippen molar-refractivity contribution in [3.63, 3.8) is 0 Å². The lowest BCUT2D eigenvalue weighted by Gasteiger charge is -2.09. The highest BCUT2D eigenvalue weighted by molar-refractivity contribution is 14.1. The molecule has 1 aromatic heterocycles. The predicted molar refractivity (Wildman–Crippen MR) is 71.9 cm³/mol. The number of carbonyl (C=O) groups is 1. The zero-order valence-electron chi connectivity index (χ0n) is 9.09. The number of hydrogen-bond donors (Lipinski definition) is 0. The van der Waals surface area contributed by atoms with Gasteiger partial charge in [0.15, 0.2) is 5.78 Å². The Labute approximate surface area is 123 Å². The molecule has 0 fully saturated rings. The molecule has 1 aromatic carbocycles. The van der Waals surface area contributed by atoms with E-state index in [-0.39, 0.29) is 5.56 Å². The molecule has 2 aromatic rings. The van der Waals surface area contributed by atoms with Crippen molar-refractivity contribution in [1.29, 1.82) is 0 Å². The van der Waals surface area contributed by atoms with Crippen LogP contribution in [0.25, 0.3) is 0 Å². The van der Waals surface area contributed by atoms with Crippen LogP contribution in [0.3, 0.4) is 0 Å². The average molecular weight is 400 g/mol. The molecular formula is C12H5F4IOS. The second-order valence-electron chi connectivity index (χ2n) is 3.66. The smallest absolute Gasteiger partial charge is 0.289 e. The Morgan fingerprint density at radius 2 is 1.84 bits per heavy atom. The number of ketones is 1. The van der Waals surface area contributed by atoms with E-state index in [1.54, 1.807) is 11.4 Å². The van der Waals surface area contributed by atoms with Gasteiger partial charge in [0.2, 0.25) is 0 Å². The molecule has 0 amide bonds. The molecule has 0 bridgehead atoms. The van der Waals surface area contributed by atoms with Gasteiger partial charge in [-0.15, -0.1) is 11.3 Å². The van der Waals surface area contributed by atoms with Gasteiger partial charge in [0.05, 0.1) is 8.45 Å². The minimum atomic E-state index is -4.82. The zero-order valence-corrected chi connectivity index (χ0v) is 12.1. The normalized spacial score (nSPS) is 11.6. The number of thiophene rings is 1. The largest absolute Gasteiger partial charge is 0.419 e. The molecule has 0 atom stereocenters. The first-order valence-electron chi connectivity index (χ1n) is 4.94. The Bertz CT molecular complexity index is 633. The first-order chi connectivity index (χ1) is 8.79. The summed E-state index contributed by atoms with van der Waals surface area (Å²) in [7, 11) is 0. The molecule has 0 spiro atoms. The molecule has 0 saturated heterocycles. The molecule has 19 heavy (non-hydrogen) atoms. The van der Waals surface area contributed by atoms with Crippen molar-refractivity contribution in [2.75, 3.05) is 0 Å². The summed E-state index contributed by atoms with van der Waals surface area (Å²) in [6.45, 7) is 0. The number of alkyl halides is 3. The summed E-state index contributed by atoms with van der Waals surface area (Å²) in [4.78, 5) is 12.0. The molecular weight excluding hydrogens is 395 g/mol. The maximum atomic E-state index is 13.1. The summed E-state index contributed by atoms with van der Waals surface area (Å²) >= 11 is 3.31. The molecule has 2 rings (SSSR count). The van der Waals surface area contributed by atoms with Crippen molar-refractivity contribution in [3.05, 3.63) is 55.0 Å². The molecule has 100 valence electrons. The van der Waals surface area contributed by atoms with E-state index in [2.05, 4.69) is 0 Å². The van der Waals surface area contributed by atoms with Crippen molar-refractivity contribution >= 4 is 39.7 Å². The summed E-state index contributed by atoms with van der Waals surface area (Å²) in [5.41, 5.74) is -1.31. The molecule has 0 aliphatic carbocycles. The summed E-state index contributed by atoms with van der Waals surface area (Å²) in [6, 6.07) is 3.83. The number of rotatable bonds is 2. The second-order valence-corrected chi connectivity index (χ2v) is 6.47. The lowest BCUT2D eigenvalue weighted by molar-refractivity contribution is -0.140. The van der Waals surface area contributed by atoms with E-state index in [4.69, 9.17) is 0 Å².